The van der Waals surface area contributed by atoms with Crippen molar-refractivity contribution in [2.24, 2.45) is 0 Å². The number of hydrogen-bond acceptors (Lipinski definition) is 4. The van der Waals surface area contributed by atoms with Gasteiger partial charge in [0.05, 0.1) is 4.88 Å². The van der Waals surface area contributed by atoms with Crippen LogP contribution in [0.3, 0.4) is 0 Å². The number of anilines is 1. The van der Waals surface area contributed by atoms with E-state index in [4.69, 9.17) is 4.74 Å². The second-order valence-corrected chi connectivity index (χ2v) is 5.69. The minimum atomic E-state index is -0.375. The van der Waals surface area contributed by atoms with Crippen molar-refractivity contribution >= 4 is 23.1 Å². The third kappa shape index (κ3) is 2.88. The minimum Gasteiger partial charge on any atom is -0.381 e. The summed E-state index contributed by atoms with van der Waals surface area (Å²) < 4.78 is 18.2. The van der Waals surface area contributed by atoms with Gasteiger partial charge in [-0.1, -0.05) is 0 Å². The first-order valence-corrected chi connectivity index (χ1v) is 7.24. The number of carbonyl (C=O) groups excluding carboxylic acids is 1. The number of halogens is 1. The van der Waals surface area contributed by atoms with Gasteiger partial charge in [-0.3, -0.25) is 9.89 Å². The van der Waals surface area contributed by atoms with Gasteiger partial charge in [-0.05, 0) is 25.0 Å². The molecule has 3 rings (SSSR count). The molecule has 3 heterocycles. The highest BCUT2D eigenvalue weighted by atomic mass is 32.1. The summed E-state index contributed by atoms with van der Waals surface area (Å²) in [5.74, 6) is 0.510. The number of thiophene rings is 1. The van der Waals surface area contributed by atoms with Crippen LogP contribution >= 0.6 is 11.3 Å². The fourth-order valence-corrected chi connectivity index (χ4v) is 2.86. The Kier molecular flexibility index (Phi) is 3.79. The van der Waals surface area contributed by atoms with E-state index >= 15 is 0 Å². The van der Waals surface area contributed by atoms with Gasteiger partial charge < -0.3 is 10.1 Å². The number of amides is 1. The third-order valence-electron chi connectivity index (χ3n) is 3.30. The first-order valence-electron chi connectivity index (χ1n) is 6.42. The Hall–Kier alpha value is -1.73. The maximum Gasteiger partial charge on any atom is 0.267 e. The fourth-order valence-electron chi connectivity index (χ4n) is 2.23. The van der Waals surface area contributed by atoms with Crippen LogP contribution in [-0.2, 0) is 4.74 Å². The van der Waals surface area contributed by atoms with Crippen LogP contribution in [0.1, 0.15) is 34.1 Å². The Balaban J connectivity index is 1.66. The molecule has 0 bridgehead atoms. The quantitative estimate of drug-likeness (QED) is 0.915. The molecular weight excluding hydrogens is 281 g/mol. The van der Waals surface area contributed by atoms with Crippen LogP contribution in [0.25, 0.3) is 0 Å². The van der Waals surface area contributed by atoms with Gasteiger partial charge in [0.2, 0.25) is 0 Å². The summed E-state index contributed by atoms with van der Waals surface area (Å²) in [7, 11) is 0. The Morgan fingerprint density at radius 3 is 2.95 bits per heavy atom. The monoisotopic (exact) mass is 295 g/mol. The van der Waals surface area contributed by atoms with Gasteiger partial charge in [0.1, 0.15) is 0 Å². The summed E-state index contributed by atoms with van der Waals surface area (Å²) in [4.78, 5) is 12.2. The average molecular weight is 295 g/mol. The smallest absolute Gasteiger partial charge is 0.267 e. The number of ether oxygens (including phenoxy) is 1. The maximum atomic E-state index is 12.9. The molecule has 0 unspecified atom stereocenters. The molecule has 2 aromatic heterocycles. The minimum absolute atomic E-state index is 0.332. The number of H-pyrrole nitrogens is 1. The molecule has 106 valence electrons. The molecule has 5 nitrogen and oxygen atoms in total. The van der Waals surface area contributed by atoms with Gasteiger partial charge >= 0.3 is 0 Å². The number of carbonyl (C=O) groups is 1. The normalized spacial score (nSPS) is 16.2. The summed E-state index contributed by atoms with van der Waals surface area (Å²) in [5, 5.41) is 9.31. The summed E-state index contributed by atoms with van der Waals surface area (Å²) >= 11 is 0.817. The van der Waals surface area contributed by atoms with Crippen molar-refractivity contribution in [1.29, 1.82) is 0 Å². The van der Waals surface area contributed by atoms with Crippen molar-refractivity contribution in [3.63, 3.8) is 0 Å². The van der Waals surface area contributed by atoms with E-state index in [9.17, 15) is 9.18 Å². The van der Waals surface area contributed by atoms with Gasteiger partial charge in [-0.25, -0.2) is 0 Å². The van der Waals surface area contributed by atoms with Crippen LogP contribution in [0, 0.1) is 5.13 Å². The summed E-state index contributed by atoms with van der Waals surface area (Å²) in [6.07, 6.45) is 1.90. The van der Waals surface area contributed by atoms with Gasteiger partial charge in [-0.15, -0.1) is 11.3 Å². The van der Waals surface area contributed by atoms with E-state index in [0.29, 0.717) is 16.6 Å². The molecule has 1 fully saturated rings. The van der Waals surface area contributed by atoms with Crippen LogP contribution < -0.4 is 5.32 Å². The van der Waals surface area contributed by atoms with Crippen molar-refractivity contribution in [3.8, 4) is 0 Å². The number of nitrogens with zero attached hydrogens (tertiary/aromatic N) is 1. The Morgan fingerprint density at radius 2 is 2.25 bits per heavy atom. The molecule has 1 saturated heterocycles. The molecule has 0 aromatic carbocycles. The van der Waals surface area contributed by atoms with E-state index in [0.717, 1.165) is 43.1 Å². The number of aromatic amines is 1. The highest BCUT2D eigenvalue weighted by Crippen LogP contribution is 2.26. The lowest BCUT2D eigenvalue weighted by Gasteiger charge is -2.20. The molecule has 2 aromatic rings. The van der Waals surface area contributed by atoms with Gasteiger partial charge in [-0.2, -0.15) is 9.49 Å². The lowest BCUT2D eigenvalue weighted by atomic mass is 9.97. The largest absolute Gasteiger partial charge is 0.381 e. The predicted molar refractivity (Wildman–Crippen MR) is 73.6 cm³/mol. The highest BCUT2D eigenvalue weighted by molar-refractivity contribution is 7.12. The molecule has 1 aliphatic heterocycles. The van der Waals surface area contributed by atoms with Crippen molar-refractivity contribution in [1.82, 2.24) is 10.2 Å². The molecule has 0 atom stereocenters. The van der Waals surface area contributed by atoms with E-state index in [2.05, 4.69) is 15.5 Å². The molecule has 0 spiro atoms. The topological polar surface area (TPSA) is 67.0 Å². The highest BCUT2D eigenvalue weighted by Gasteiger charge is 2.19. The number of aromatic nitrogens is 2. The molecule has 0 saturated carbocycles. The van der Waals surface area contributed by atoms with Gasteiger partial charge in [0.25, 0.3) is 5.91 Å². The Labute approximate surface area is 119 Å². The van der Waals surface area contributed by atoms with E-state index in [1.165, 1.54) is 12.1 Å². The van der Waals surface area contributed by atoms with Crippen LogP contribution in [0.2, 0.25) is 0 Å². The summed E-state index contributed by atoms with van der Waals surface area (Å²) in [5.41, 5.74) is 1.00. The Bertz CT molecular complexity index is 604. The molecule has 7 heteroatoms. The van der Waals surface area contributed by atoms with E-state index < -0.39 is 0 Å². The molecule has 0 aliphatic carbocycles. The first-order chi connectivity index (χ1) is 9.72. The fraction of sp³-hybridized carbons (Fsp3) is 0.385. The van der Waals surface area contributed by atoms with E-state index in [-0.39, 0.29) is 11.0 Å². The molecule has 0 radical (unpaired) electrons. The van der Waals surface area contributed by atoms with Crippen molar-refractivity contribution < 1.29 is 13.9 Å². The number of nitrogens with one attached hydrogen (secondary N) is 2. The SMILES string of the molecule is O=C(Nc1cc(C2CCOCC2)[nH]n1)c1ccc(F)s1. The maximum absolute atomic E-state index is 12.9. The van der Waals surface area contributed by atoms with Crippen LogP contribution in [-0.4, -0.2) is 29.3 Å². The zero-order valence-corrected chi connectivity index (χ0v) is 11.5. The van der Waals surface area contributed by atoms with Gasteiger partial charge in [0.15, 0.2) is 10.9 Å². The van der Waals surface area contributed by atoms with Gasteiger partial charge in [0, 0.05) is 30.9 Å². The van der Waals surface area contributed by atoms with E-state index in [1.807, 2.05) is 6.07 Å². The van der Waals surface area contributed by atoms with Crippen LogP contribution in [0.15, 0.2) is 18.2 Å². The second kappa shape index (κ2) is 5.72. The van der Waals surface area contributed by atoms with Crippen molar-refractivity contribution in [2.75, 3.05) is 18.5 Å². The summed E-state index contributed by atoms with van der Waals surface area (Å²) in [6.45, 7) is 1.50. The average Bonchev–Trinajstić information content (AvgIpc) is 3.09. The van der Waals surface area contributed by atoms with Crippen molar-refractivity contribution in [3.05, 3.63) is 33.9 Å². The number of rotatable bonds is 3. The lowest BCUT2D eigenvalue weighted by molar-refractivity contribution is 0.0845. The first kappa shape index (κ1) is 13.3. The summed E-state index contributed by atoms with van der Waals surface area (Å²) in [6, 6.07) is 4.57. The zero-order chi connectivity index (χ0) is 13.9. The number of hydrogen-bond donors (Lipinski definition) is 2. The third-order valence-corrected chi connectivity index (χ3v) is 4.17. The standard InChI is InChI=1S/C13H14FN3O2S/c14-11-2-1-10(20-11)13(18)15-12-7-9(16-17-12)8-3-5-19-6-4-8/h1-2,7-8H,3-6H2,(H2,15,16,17,18). The second-order valence-electron chi connectivity index (χ2n) is 4.65. The molecule has 1 amide bonds. The lowest BCUT2D eigenvalue weighted by Crippen LogP contribution is -2.14. The Morgan fingerprint density at radius 1 is 1.45 bits per heavy atom. The van der Waals surface area contributed by atoms with Crippen LogP contribution in [0.5, 0.6) is 0 Å². The molecule has 1 aliphatic rings. The van der Waals surface area contributed by atoms with E-state index in [1.54, 1.807) is 0 Å². The zero-order valence-electron chi connectivity index (χ0n) is 10.7. The molecule has 2 N–H and O–H groups in total. The van der Waals surface area contributed by atoms with Crippen LogP contribution in [0.4, 0.5) is 10.2 Å². The molecular formula is C13H14FN3O2S. The molecule has 20 heavy (non-hydrogen) atoms. The predicted octanol–water partition coefficient (Wildman–Crippen LogP) is 2.76. The van der Waals surface area contributed by atoms with Crippen molar-refractivity contribution in [2.45, 2.75) is 18.8 Å².